The molecule has 0 fully saturated rings. The lowest BCUT2D eigenvalue weighted by Crippen LogP contribution is -2.34. The summed E-state index contributed by atoms with van der Waals surface area (Å²) in [5.74, 6) is -1.08. The summed E-state index contributed by atoms with van der Waals surface area (Å²) in [6.07, 6.45) is 5.06. The molecule has 1 aliphatic heterocycles. The average molecular weight is 358 g/mol. The summed E-state index contributed by atoms with van der Waals surface area (Å²) in [5, 5.41) is 3.21. The van der Waals surface area contributed by atoms with Gasteiger partial charge >= 0.3 is 5.97 Å². The maximum absolute atomic E-state index is 12.7. The Morgan fingerprint density at radius 3 is 2.76 bits per heavy atom. The molecular weight excluding hydrogens is 338 g/mol. The number of benzene rings is 1. The number of ether oxygens (including phenoxy) is 1. The standard InChI is InChI=1S/C20H20ClNO3/c1-4-8-14(5-2)12-25-20(24)19-13(3)22-18(23)11-16(19)15-9-6-7-10-17(15)21/h4-10,16H,1-2,11-12H2,3H3,(H,22,23)/b14-8+. The van der Waals surface area contributed by atoms with E-state index in [1.807, 2.05) is 12.1 Å². The van der Waals surface area contributed by atoms with Crippen LogP contribution in [0.25, 0.3) is 0 Å². The molecule has 1 aliphatic rings. The number of halogens is 1. The van der Waals surface area contributed by atoms with Gasteiger partial charge < -0.3 is 10.1 Å². The Kier molecular flexibility index (Phi) is 6.37. The Labute approximate surface area is 152 Å². The molecule has 1 N–H and O–H groups in total. The van der Waals surface area contributed by atoms with Crippen molar-refractivity contribution in [1.82, 2.24) is 5.32 Å². The highest BCUT2D eigenvalue weighted by Gasteiger charge is 2.33. The maximum Gasteiger partial charge on any atom is 0.336 e. The van der Waals surface area contributed by atoms with E-state index in [9.17, 15) is 9.59 Å². The second-order valence-corrected chi connectivity index (χ2v) is 6.03. The minimum Gasteiger partial charge on any atom is -0.457 e. The van der Waals surface area contributed by atoms with Crippen molar-refractivity contribution in [2.24, 2.45) is 0 Å². The van der Waals surface area contributed by atoms with Gasteiger partial charge in [0.2, 0.25) is 5.91 Å². The summed E-state index contributed by atoms with van der Waals surface area (Å²) in [5.41, 5.74) is 2.36. The van der Waals surface area contributed by atoms with Crippen LogP contribution in [-0.4, -0.2) is 18.5 Å². The molecule has 0 aliphatic carbocycles. The molecule has 5 heteroatoms. The molecule has 25 heavy (non-hydrogen) atoms. The van der Waals surface area contributed by atoms with E-state index < -0.39 is 11.9 Å². The minimum absolute atomic E-state index is 0.0777. The van der Waals surface area contributed by atoms with E-state index in [0.717, 1.165) is 11.1 Å². The molecule has 1 unspecified atom stereocenters. The van der Waals surface area contributed by atoms with Crippen molar-refractivity contribution < 1.29 is 14.3 Å². The van der Waals surface area contributed by atoms with Gasteiger partial charge in [0.25, 0.3) is 0 Å². The monoisotopic (exact) mass is 357 g/mol. The number of rotatable bonds is 6. The molecule has 1 aromatic carbocycles. The largest absolute Gasteiger partial charge is 0.457 e. The zero-order valence-corrected chi connectivity index (χ0v) is 14.8. The fourth-order valence-electron chi connectivity index (χ4n) is 2.75. The molecule has 1 amide bonds. The number of carbonyl (C=O) groups is 2. The van der Waals surface area contributed by atoms with Gasteiger partial charge in [-0.1, -0.05) is 61.2 Å². The highest BCUT2D eigenvalue weighted by Crippen LogP contribution is 2.36. The molecule has 1 aromatic rings. The number of hydrogen-bond donors (Lipinski definition) is 1. The van der Waals surface area contributed by atoms with Gasteiger partial charge in [0, 0.05) is 23.1 Å². The lowest BCUT2D eigenvalue weighted by Gasteiger charge is -2.27. The molecular formula is C20H20ClNO3. The van der Waals surface area contributed by atoms with E-state index in [1.165, 1.54) is 0 Å². The number of allylic oxidation sites excluding steroid dienone is 3. The van der Waals surface area contributed by atoms with Crippen molar-refractivity contribution in [3.05, 3.63) is 83.1 Å². The van der Waals surface area contributed by atoms with Crippen LogP contribution in [0.5, 0.6) is 0 Å². The summed E-state index contributed by atoms with van der Waals surface area (Å²) in [6, 6.07) is 7.19. The molecule has 0 saturated heterocycles. The summed E-state index contributed by atoms with van der Waals surface area (Å²) in [4.78, 5) is 24.6. The quantitative estimate of drug-likeness (QED) is 0.617. The lowest BCUT2D eigenvalue weighted by atomic mass is 9.84. The molecule has 1 heterocycles. The van der Waals surface area contributed by atoms with Crippen molar-refractivity contribution in [3.63, 3.8) is 0 Å². The summed E-state index contributed by atoms with van der Waals surface area (Å²) >= 11 is 6.27. The Bertz CT molecular complexity index is 777. The number of carbonyl (C=O) groups excluding carboxylic acids is 2. The molecule has 0 spiro atoms. The first kappa shape index (κ1) is 18.7. The summed E-state index contributed by atoms with van der Waals surface area (Å²) in [6.45, 7) is 9.05. The number of esters is 1. The van der Waals surface area contributed by atoms with Crippen LogP contribution in [-0.2, 0) is 14.3 Å². The van der Waals surface area contributed by atoms with Gasteiger partial charge in [0.1, 0.15) is 6.61 Å². The second-order valence-electron chi connectivity index (χ2n) is 5.62. The van der Waals surface area contributed by atoms with E-state index in [2.05, 4.69) is 18.5 Å². The van der Waals surface area contributed by atoms with Gasteiger partial charge in [0.05, 0.1) is 5.57 Å². The zero-order valence-electron chi connectivity index (χ0n) is 14.0. The van der Waals surface area contributed by atoms with Crippen molar-refractivity contribution in [1.29, 1.82) is 0 Å². The first-order chi connectivity index (χ1) is 12.0. The van der Waals surface area contributed by atoms with Crippen LogP contribution in [0, 0.1) is 0 Å². The van der Waals surface area contributed by atoms with Gasteiger partial charge in [-0.05, 0) is 24.1 Å². The minimum atomic E-state index is -0.487. The van der Waals surface area contributed by atoms with Gasteiger partial charge in [-0.3, -0.25) is 4.79 Å². The fourth-order valence-corrected chi connectivity index (χ4v) is 3.02. The Morgan fingerprint density at radius 2 is 2.12 bits per heavy atom. The first-order valence-electron chi connectivity index (χ1n) is 7.84. The molecule has 0 radical (unpaired) electrons. The molecule has 0 aromatic heterocycles. The fraction of sp³-hybridized carbons (Fsp3) is 0.200. The SMILES string of the molecule is C=C/C=C(\C=C)COC(=O)C1=C(C)NC(=O)CC1c1ccccc1Cl. The van der Waals surface area contributed by atoms with E-state index >= 15 is 0 Å². The molecule has 2 rings (SSSR count). The second kappa shape index (κ2) is 8.49. The van der Waals surface area contributed by atoms with Crippen LogP contribution in [0.3, 0.4) is 0 Å². The smallest absolute Gasteiger partial charge is 0.336 e. The van der Waals surface area contributed by atoms with E-state index in [0.29, 0.717) is 16.3 Å². The molecule has 4 nitrogen and oxygen atoms in total. The van der Waals surface area contributed by atoms with E-state index in [1.54, 1.807) is 37.3 Å². The van der Waals surface area contributed by atoms with Crippen molar-refractivity contribution in [2.75, 3.05) is 6.61 Å². The molecule has 130 valence electrons. The van der Waals surface area contributed by atoms with Crippen molar-refractivity contribution >= 4 is 23.5 Å². The Hall–Kier alpha value is -2.59. The van der Waals surface area contributed by atoms with Gasteiger partial charge in [-0.2, -0.15) is 0 Å². The van der Waals surface area contributed by atoms with Gasteiger partial charge in [-0.15, -0.1) is 0 Å². The number of nitrogens with one attached hydrogen (secondary N) is 1. The maximum atomic E-state index is 12.7. The number of hydrogen-bond acceptors (Lipinski definition) is 3. The van der Waals surface area contributed by atoms with Crippen LogP contribution in [0.15, 0.2) is 72.5 Å². The number of amides is 1. The third-order valence-corrected chi connectivity index (χ3v) is 4.28. The van der Waals surface area contributed by atoms with Crippen LogP contribution >= 0.6 is 11.6 Å². The molecule has 1 atom stereocenters. The summed E-state index contributed by atoms with van der Waals surface area (Å²) < 4.78 is 5.41. The van der Waals surface area contributed by atoms with Crippen LogP contribution in [0.1, 0.15) is 24.8 Å². The summed E-state index contributed by atoms with van der Waals surface area (Å²) in [7, 11) is 0. The van der Waals surface area contributed by atoms with Crippen molar-refractivity contribution in [2.45, 2.75) is 19.3 Å². The zero-order chi connectivity index (χ0) is 18.4. The van der Waals surface area contributed by atoms with E-state index in [4.69, 9.17) is 16.3 Å². The first-order valence-corrected chi connectivity index (χ1v) is 8.22. The topological polar surface area (TPSA) is 55.4 Å². The average Bonchev–Trinajstić information content (AvgIpc) is 2.58. The third-order valence-electron chi connectivity index (χ3n) is 3.93. The Morgan fingerprint density at radius 1 is 1.40 bits per heavy atom. The lowest BCUT2D eigenvalue weighted by molar-refractivity contribution is -0.138. The highest BCUT2D eigenvalue weighted by atomic mass is 35.5. The molecule has 0 saturated carbocycles. The van der Waals surface area contributed by atoms with Gasteiger partial charge in [0.15, 0.2) is 0 Å². The predicted octanol–water partition coefficient (Wildman–Crippen LogP) is 4.06. The van der Waals surface area contributed by atoms with Crippen LogP contribution < -0.4 is 5.32 Å². The van der Waals surface area contributed by atoms with E-state index in [-0.39, 0.29) is 18.9 Å². The van der Waals surface area contributed by atoms with Crippen LogP contribution in [0.2, 0.25) is 5.02 Å². The highest BCUT2D eigenvalue weighted by molar-refractivity contribution is 6.31. The van der Waals surface area contributed by atoms with Crippen molar-refractivity contribution in [3.8, 4) is 0 Å². The van der Waals surface area contributed by atoms with Crippen LogP contribution in [0.4, 0.5) is 0 Å². The molecule has 0 bridgehead atoms. The third kappa shape index (κ3) is 4.48. The van der Waals surface area contributed by atoms with Gasteiger partial charge in [-0.25, -0.2) is 4.79 Å². The Balaban J connectivity index is 2.32. The predicted molar refractivity (Wildman–Crippen MR) is 99.1 cm³/mol. The normalized spacial score (nSPS) is 17.8.